The van der Waals surface area contributed by atoms with Gasteiger partial charge in [-0.3, -0.25) is 4.79 Å². The molecule has 0 aliphatic carbocycles. The van der Waals surface area contributed by atoms with Gasteiger partial charge >= 0.3 is 0 Å². The first-order chi connectivity index (χ1) is 8.71. The topological polar surface area (TPSA) is 50.1 Å². The molecular formula is C14H8FNO2. The first-order valence-electron chi connectivity index (χ1n) is 5.15. The Kier molecular flexibility index (Phi) is 3.35. The zero-order valence-electron chi connectivity index (χ0n) is 9.26. The number of benzene rings is 2. The molecule has 0 aliphatic heterocycles. The third-order valence-electron chi connectivity index (χ3n) is 2.25. The minimum atomic E-state index is -0.539. The molecule has 0 fully saturated rings. The monoisotopic (exact) mass is 241 g/mol. The van der Waals surface area contributed by atoms with E-state index in [1.54, 1.807) is 24.3 Å². The fraction of sp³-hybridized carbons (Fsp3) is 0. The molecule has 0 heterocycles. The van der Waals surface area contributed by atoms with E-state index in [4.69, 9.17) is 10.00 Å². The van der Waals surface area contributed by atoms with Crippen LogP contribution in [0.2, 0.25) is 0 Å². The Labute approximate surface area is 103 Å². The second kappa shape index (κ2) is 5.11. The van der Waals surface area contributed by atoms with Crippen LogP contribution in [-0.2, 0) is 0 Å². The molecule has 0 saturated carbocycles. The van der Waals surface area contributed by atoms with Gasteiger partial charge in [-0.05, 0) is 36.4 Å². The van der Waals surface area contributed by atoms with E-state index in [-0.39, 0.29) is 11.3 Å². The van der Waals surface area contributed by atoms with Crippen LogP contribution >= 0.6 is 0 Å². The van der Waals surface area contributed by atoms with E-state index in [0.717, 1.165) is 6.07 Å². The highest BCUT2D eigenvalue weighted by Crippen LogP contribution is 2.23. The summed E-state index contributed by atoms with van der Waals surface area (Å²) in [5.41, 5.74) is 0.716. The molecule has 18 heavy (non-hydrogen) atoms. The molecule has 0 atom stereocenters. The van der Waals surface area contributed by atoms with Gasteiger partial charge in [0.2, 0.25) is 0 Å². The summed E-state index contributed by atoms with van der Waals surface area (Å²) in [6.07, 6.45) is 0.550. The number of ether oxygens (including phenoxy) is 1. The lowest BCUT2D eigenvalue weighted by Gasteiger charge is -2.06. The van der Waals surface area contributed by atoms with Gasteiger partial charge < -0.3 is 4.74 Å². The molecule has 88 valence electrons. The van der Waals surface area contributed by atoms with Gasteiger partial charge in [0, 0.05) is 11.6 Å². The average Bonchev–Trinajstić information content (AvgIpc) is 2.39. The van der Waals surface area contributed by atoms with Crippen LogP contribution in [0.25, 0.3) is 0 Å². The van der Waals surface area contributed by atoms with Crippen LogP contribution in [0, 0.1) is 17.1 Å². The standard InChI is InChI=1S/C14H8FNO2/c15-12-5-11(9-17)6-14(7-12)18-13-3-1-10(8-16)2-4-13/h1-7,9H. The van der Waals surface area contributed by atoms with Gasteiger partial charge in [0.05, 0.1) is 11.6 Å². The van der Waals surface area contributed by atoms with Crippen LogP contribution in [0.15, 0.2) is 42.5 Å². The van der Waals surface area contributed by atoms with Gasteiger partial charge in [0.1, 0.15) is 23.6 Å². The van der Waals surface area contributed by atoms with Crippen LogP contribution in [0.3, 0.4) is 0 Å². The van der Waals surface area contributed by atoms with E-state index in [2.05, 4.69) is 0 Å². The Morgan fingerprint density at radius 3 is 2.44 bits per heavy atom. The number of hydrogen-bond acceptors (Lipinski definition) is 3. The number of carbonyl (C=O) groups excluding carboxylic acids is 1. The maximum Gasteiger partial charge on any atom is 0.150 e. The summed E-state index contributed by atoms with van der Waals surface area (Å²) >= 11 is 0. The van der Waals surface area contributed by atoms with Crippen molar-refractivity contribution >= 4 is 6.29 Å². The zero-order chi connectivity index (χ0) is 13.0. The van der Waals surface area contributed by atoms with Crippen LogP contribution in [0.1, 0.15) is 15.9 Å². The van der Waals surface area contributed by atoms with Crippen LogP contribution < -0.4 is 4.74 Å². The molecule has 0 unspecified atom stereocenters. The van der Waals surface area contributed by atoms with Crippen LogP contribution in [0.4, 0.5) is 4.39 Å². The minimum Gasteiger partial charge on any atom is -0.457 e. The molecule has 0 radical (unpaired) electrons. The summed E-state index contributed by atoms with van der Waals surface area (Å²) < 4.78 is 18.5. The Balaban J connectivity index is 2.25. The normalized spacial score (nSPS) is 9.56. The predicted molar refractivity (Wildman–Crippen MR) is 63.0 cm³/mol. The highest BCUT2D eigenvalue weighted by molar-refractivity contribution is 5.75. The molecule has 0 aliphatic rings. The lowest BCUT2D eigenvalue weighted by Crippen LogP contribution is -1.89. The SMILES string of the molecule is N#Cc1ccc(Oc2cc(F)cc(C=O)c2)cc1. The van der Waals surface area contributed by atoms with Crippen molar-refractivity contribution in [2.45, 2.75) is 0 Å². The summed E-state index contributed by atoms with van der Waals surface area (Å²) in [5, 5.41) is 8.64. The molecule has 2 aromatic rings. The number of nitrogens with zero attached hydrogens (tertiary/aromatic N) is 1. The molecule has 0 N–H and O–H groups in total. The molecule has 4 heteroatoms. The van der Waals surface area contributed by atoms with Crippen molar-refractivity contribution in [2.24, 2.45) is 0 Å². The van der Waals surface area contributed by atoms with Gasteiger partial charge in [-0.1, -0.05) is 0 Å². The van der Waals surface area contributed by atoms with E-state index >= 15 is 0 Å². The highest BCUT2D eigenvalue weighted by Gasteiger charge is 2.03. The van der Waals surface area contributed by atoms with Gasteiger partial charge in [0.25, 0.3) is 0 Å². The molecule has 0 spiro atoms. The summed E-state index contributed by atoms with van der Waals surface area (Å²) in [7, 11) is 0. The van der Waals surface area contributed by atoms with Crippen molar-refractivity contribution in [3.8, 4) is 17.6 Å². The molecule has 0 amide bonds. The number of halogens is 1. The van der Waals surface area contributed by atoms with Crippen molar-refractivity contribution < 1.29 is 13.9 Å². The predicted octanol–water partition coefficient (Wildman–Crippen LogP) is 3.30. The lowest BCUT2D eigenvalue weighted by atomic mass is 10.2. The maximum absolute atomic E-state index is 13.2. The minimum absolute atomic E-state index is 0.207. The number of aldehydes is 1. The van der Waals surface area contributed by atoms with E-state index in [9.17, 15) is 9.18 Å². The average molecular weight is 241 g/mol. The quantitative estimate of drug-likeness (QED) is 0.774. The molecule has 3 nitrogen and oxygen atoms in total. The van der Waals surface area contributed by atoms with Crippen LogP contribution in [-0.4, -0.2) is 6.29 Å². The number of nitriles is 1. The van der Waals surface area contributed by atoms with Gasteiger partial charge in [-0.15, -0.1) is 0 Å². The van der Waals surface area contributed by atoms with Crippen LogP contribution in [0.5, 0.6) is 11.5 Å². The second-order valence-corrected chi connectivity index (χ2v) is 3.58. The summed E-state index contributed by atoms with van der Waals surface area (Å²) in [4.78, 5) is 10.6. The van der Waals surface area contributed by atoms with Crippen molar-refractivity contribution in [3.05, 3.63) is 59.4 Å². The first kappa shape index (κ1) is 11.8. The van der Waals surface area contributed by atoms with Crippen molar-refractivity contribution in [1.82, 2.24) is 0 Å². The Hall–Kier alpha value is -2.67. The van der Waals surface area contributed by atoms with Gasteiger partial charge in [-0.25, -0.2) is 4.39 Å². The smallest absolute Gasteiger partial charge is 0.150 e. The number of rotatable bonds is 3. The number of hydrogen-bond donors (Lipinski definition) is 0. The van der Waals surface area contributed by atoms with E-state index in [1.807, 2.05) is 6.07 Å². The largest absolute Gasteiger partial charge is 0.457 e. The summed E-state index contributed by atoms with van der Waals surface area (Å²) in [6, 6.07) is 12.1. The molecule has 2 rings (SSSR count). The summed E-state index contributed by atoms with van der Waals surface area (Å²) in [5.74, 6) is 0.168. The second-order valence-electron chi connectivity index (χ2n) is 3.58. The molecule has 2 aromatic carbocycles. The lowest BCUT2D eigenvalue weighted by molar-refractivity contribution is 0.112. The third kappa shape index (κ3) is 2.71. The highest BCUT2D eigenvalue weighted by atomic mass is 19.1. The molecule has 0 aromatic heterocycles. The number of carbonyl (C=O) groups is 1. The van der Waals surface area contributed by atoms with Gasteiger partial charge in [0.15, 0.2) is 0 Å². The van der Waals surface area contributed by atoms with Crippen molar-refractivity contribution in [2.75, 3.05) is 0 Å². The Morgan fingerprint density at radius 2 is 1.83 bits per heavy atom. The van der Waals surface area contributed by atoms with E-state index < -0.39 is 5.82 Å². The fourth-order valence-electron chi connectivity index (χ4n) is 1.44. The molecular weight excluding hydrogens is 233 g/mol. The first-order valence-corrected chi connectivity index (χ1v) is 5.15. The fourth-order valence-corrected chi connectivity index (χ4v) is 1.44. The van der Waals surface area contributed by atoms with Gasteiger partial charge in [-0.2, -0.15) is 5.26 Å². The van der Waals surface area contributed by atoms with E-state index in [0.29, 0.717) is 17.6 Å². The maximum atomic E-state index is 13.2. The van der Waals surface area contributed by atoms with E-state index in [1.165, 1.54) is 12.1 Å². The third-order valence-corrected chi connectivity index (χ3v) is 2.25. The summed E-state index contributed by atoms with van der Waals surface area (Å²) in [6.45, 7) is 0. The van der Waals surface area contributed by atoms with Crippen molar-refractivity contribution in [1.29, 1.82) is 5.26 Å². The molecule has 0 bridgehead atoms. The Morgan fingerprint density at radius 1 is 1.11 bits per heavy atom. The zero-order valence-corrected chi connectivity index (χ0v) is 9.26. The molecule has 0 saturated heterocycles. The van der Waals surface area contributed by atoms with Crippen molar-refractivity contribution in [3.63, 3.8) is 0 Å². The Bertz CT molecular complexity index is 615.